The van der Waals surface area contributed by atoms with Crippen molar-refractivity contribution in [3.63, 3.8) is 0 Å². The molecule has 0 atom stereocenters. The Morgan fingerprint density at radius 2 is 1.96 bits per heavy atom. The van der Waals surface area contributed by atoms with Gasteiger partial charge in [0.25, 0.3) is 5.91 Å². The van der Waals surface area contributed by atoms with Gasteiger partial charge in [-0.05, 0) is 30.3 Å². The number of halogens is 2. The number of methoxy groups -OCH3 is 1. The van der Waals surface area contributed by atoms with E-state index in [0.29, 0.717) is 5.02 Å². The van der Waals surface area contributed by atoms with Crippen molar-refractivity contribution in [2.75, 3.05) is 13.4 Å². The summed E-state index contributed by atoms with van der Waals surface area (Å²) < 4.78 is 48.8. The molecule has 0 fully saturated rings. The van der Waals surface area contributed by atoms with Gasteiger partial charge in [0.1, 0.15) is 5.75 Å². The first-order chi connectivity index (χ1) is 11.2. The van der Waals surface area contributed by atoms with Crippen molar-refractivity contribution in [2.24, 2.45) is 0 Å². The van der Waals surface area contributed by atoms with Crippen LogP contribution >= 0.6 is 11.6 Å². The largest absolute Gasteiger partial charge is 0.493 e. The number of carbonyl (C=O) groups excluding carboxylic acids is 1. The monoisotopic (exact) mass is 373 g/mol. The second-order valence-electron chi connectivity index (χ2n) is 4.72. The van der Waals surface area contributed by atoms with Gasteiger partial charge in [-0.2, -0.15) is 4.39 Å². The summed E-state index contributed by atoms with van der Waals surface area (Å²) in [4.78, 5) is 11.9. The van der Waals surface area contributed by atoms with E-state index in [9.17, 15) is 17.6 Å². The molecule has 0 aliphatic heterocycles. The second kappa shape index (κ2) is 7.06. The Hall–Kier alpha value is -2.32. The number of benzene rings is 2. The summed E-state index contributed by atoms with van der Waals surface area (Å²) >= 11 is 5.83. The predicted octanol–water partition coefficient (Wildman–Crippen LogP) is 2.97. The smallest absolute Gasteiger partial charge is 0.268 e. The summed E-state index contributed by atoms with van der Waals surface area (Å²) in [7, 11) is -2.64. The van der Waals surface area contributed by atoms with E-state index in [1.807, 2.05) is 0 Å². The Labute approximate surface area is 143 Å². The number of ether oxygens (including phenoxy) is 2. The average molecular weight is 374 g/mol. The van der Waals surface area contributed by atoms with Gasteiger partial charge in [0.15, 0.2) is 11.5 Å². The van der Waals surface area contributed by atoms with Crippen LogP contribution in [-0.4, -0.2) is 27.7 Å². The summed E-state index contributed by atoms with van der Waals surface area (Å²) in [5, 5.41) is 0.407. The molecule has 24 heavy (non-hydrogen) atoms. The van der Waals surface area contributed by atoms with E-state index < -0.39 is 27.5 Å². The fourth-order valence-corrected chi connectivity index (χ4v) is 2.50. The van der Waals surface area contributed by atoms with Crippen LogP contribution in [-0.2, 0) is 10.0 Å². The topological polar surface area (TPSA) is 81.7 Å². The van der Waals surface area contributed by atoms with Crippen LogP contribution in [0.25, 0.3) is 0 Å². The van der Waals surface area contributed by atoms with Gasteiger partial charge in [-0.1, -0.05) is 17.7 Å². The van der Waals surface area contributed by atoms with Crippen molar-refractivity contribution >= 4 is 27.5 Å². The molecular formula is C15H13ClFNO5S. The van der Waals surface area contributed by atoms with Crippen molar-refractivity contribution in [2.45, 2.75) is 0 Å². The Kier molecular flexibility index (Phi) is 5.30. The first-order valence-electron chi connectivity index (χ1n) is 6.53. The molecule has 2 aromatic carbocycles. The van der Waals surface area contributed by atoms with Crippen molar-refractivity contribution in [1.29, 1.82) is 0 Å². The molecule has 1 amide bonds. The van der Waals surface area contributed by atoms with Gasteiger partial charge in [0.05, 0.1) is 18.9 Å². The number of amides is 1. The lowest BCUT2D eigenvalue weighted by Crippen LogP contribution is -2.29. The maximum Gasteiger partial charge on any atom is 0.268 e. The lowest BCUT2D eigenvalue weighted by atomic mass is 10.1. The molecule has 0 saturated heterocycles. The van der Waals surface area contributed by atoms with E-state index in [0.717, 1.165) is 13.4 Å². The minimum Gasteiger partial charge on any atom is -0.493 e. The molecule has 0 spiro atoms. The van der Waals surface area contributed by atoms with E-state index in [-0.39, 0.29) is 17.1 Å². The zero-order chi connectivity index (χ0) is 17.9. The zero-order valence-corrected chi connectivity index (χ0v) is 14.2. The van der Waals surface area contributed by atoms with Crippen LogP contribution in [0.5, 0.6) is 17.2 Å². The predicted molar refractivity (Wildman–Crippen MR) is 86.8 cm³/mol. The van der Waals surface area contributed by atoms with Crippen LogP contribution in [0.3, 0.4) is 0 Å². The van der Waals surface area contributed by atoms with Crippen LogP contribution in [0.1, 0.15) is 10.4 Å². The number of sulfonamides is 1. The first-order valence-corrected chi connectivity index (χ1v) is 8.80. The summed E-state index contributed by atoms with van der Waals surface area (Å²) in [6, 6.07) is 8.70. The molecule has 128 valence electrons. The normalized spacial score (nSPS) is 11.0. The van der Waals surface area contributed by atoms with Gasteiger partial charge in [-0.25, -0.2) is 13.1 Å². The van der Waals surface area contributed by atoms with Gasteiger partial charge < -0.3 is 9.47 Å². The molecule has 0 unspecified atom stereocenters. The molecule has 0 radical (unpaired) electrons. The van der Waals surface area contributed by atoms with Crippen LogP contribution in [0, 0.1) is 5.82 Å². The lowest BCUT2D eigenvalue weighted by Gasteiger charge is -2.13. The highest BCUT2D eigenvalue weighted by Gasteiger charge is 2.22. The third-order valence-corrected chi connectivity index (χ3v) is 3.60. The van der Waals surface area contributed by atoms with E-state index >= 15 is 0 Å². The molecule has 6 nitrogen and oxygen atoms in total. The van der Waals surface area contributed by atoms with Crippen molar-refractivity contribution in [3.8, 4) is 17.2 Å². The molecule has 0 bridgehead atoms. The summed E-state index contributed by atoms with van der Waals surface area (Å²) in [5.41, 5.74) is -0.279. The number of carbonyl (C=O) groups is 1. The maximum atomic E-state index is 14.5. The highest BCUT2D eigenvalue weighted by atomic mass is 35.5. The van der Waals surface area contributed by atoms with Gasteiger partial charge >= 0.3 is 0 Å². The zero-order valence-electron chi connectivity index (χ0n) is 12.7. The van der Waals surface area contributed by atoms with E-state index in [1.165, 1.54) is 18.2 Å². The highest BCUT2D eigenvalue weighted by Crippen LogP contribution is 2.34. The molecule has 0 aliphatic carbocycles. The van der Waals surface area contributed by atoms with Crippen molar-refractivity contribution < 1.29 is 27.1 Å². The van der Waals surface area contributed by atoms with Crippen LogP contribution in [0.2, 0.25) is 5.02 Å². The highest BCUT2D eigenvalue weighted by molar-refractivity contribution is 7.89. The minimum absolute atomic E-state index is 0.204. The molecule has 1 N–H and O–H groups in total. The number of nitrogens with one attached hydrogen (secondary N) is 1. The Balaban J connectivity index is 2.39. The standard InChI is InChI=1S/C15H13ClFNO5S/c1-22-14-11(15(19)18-24(2,20)21)6-7-12(13(14)17)23-10-5-3-4-9(16)8-10/h3-8H,1-2H3,(H,18,19). The van der Waals surface area contributed by atoms with Crippen molar-refractivity contribution in [1.82, 2.24) is 4.72 Å². The van der Waals surface area contributed by atoms with Crippen LogP contribution < -0.4 is 14.2 Å². The van der Waals surface area contributed by atoms with Gasteiger partial charge in [0.2, 0.25) is 15.8 Å². The number of hydrogen-bond acceptors (Lipinski definition) is 5. The summed E-state index contributed by atoms with van der Waals surface area (Å²) in [6.07, 6.45) is 0.810. The Bertz CT molecular complexity index is 885. The molecule has 0 aromatic heterocycles. The maximum absolute atomic E-state index is 14.5. The van der Waals surface area contributed by atoms with Gasteiger partial charge in [-0.3, -0.25) is 4.79 Å². The Morgan fingerprint density at radius 1 is 1.25 bits per heavy atom. The van der Waals surface area contributed by atoms with Crippen molar-refractivity contribution in [3.05, 3.63) is 52.8 Å². The van der Waals surface area contributed by atoms with Crippen LogP contribution in [0.15, 0.2) is 36.4 Å². The molecule has 2 aromatic rings. The summed E-state index contributed by atoms with van der Waals surface area (Å²) in [6.45, 7) is 0. The third kappa shape index (κ3) is 4.36. The third-order valence-electron chi connectivity index (χ3n) is 2.81. The fourth-order valence-electron chi connectivity index (χ4n) is 1.88. The molecule has 0 saturated carbocycles. The van der Waals surface area contributed by atoms with E-state index in [2.05, 4.69) is 0 Å². The minimum atomic E-state index is -3.80. The van der Waals surface area contributed by atoms with Gasteiger partial charge in [-0.15, -0.1) is 0 Å². The number of rotatable bonds is 5. The van der Waals surface area contributed by atoms with E-state index in [1.54, 1.807) is 22.9 Å². The lowest BCUT2D eigenvalue weighted by molar-refractivity contribution is 0.0978. The molecule has 0 heterocycles. The Morgan fingerprint density at radius 3 is 2.54 bits per heavy atom. The molecule has 0 aliphatic rings. The second-order valence-corrected chi connectivity index (χ2v) is 6.91. The fraction of sp³-hybridized carbons (Fsp3) is 0.133. The molecule has 2 rings (SSSR count). The quantitative estimate of drug-likeness (QED) is 0.871. The number of hydrogen-bond donors (Lipinski definition) is 1. The summed E-state index contributed by atoms with van der Waals surface area (Å²) in [5.74, 6) is -2.31. The molecule has 9 heteroatoms. The SMILES string of the molecule is COc1c(C(=O)NS(C)(=O)=O)ccc(Oc2cccc(Cl)c2)c1F. The van der Waals surface area contributed by atoms with E-state index in [4.69, 9.17) is 21.1 Å². The van der Waals surface area contributed by atoms with Gasteiger partial charge in [0, 0.05) is 5.02 Å². The average Bonchev–Trinajstić information content (AvgIpc) is 2.47. The van der Waals surface area contributed by atoms with Crippen LogP contribution in [0.4, 0.5) is 4.39 Å². The molecular weight excluding hydrogens is 361 g/mol. The first kappa shape index (κ1) is 18.0.